The molecule has 0 aliphatic carbocycles. The summed E-state index contributed by atoms with van der Waals surface area (Å²) in [7, 11) is 0. The minimum atomic E-state index is -0.273. The number of aromatic amines is 1. The number of thiophene rings is 1. The highest BCUT2D eigenvalue weighted by atomic mass is 35.5. The molecule has 2 rings (SSSR count). The second kappa shape index (κ2) is 3.61. The largest absolute Gasteiger partial charge is 0.309 e. The molecule has 0 aliphatic heterocycles. The van der Waals surface area contributed by atoms with Crippen molar-refractivity contribution in [2.75, 3.05) is 0 Å². The number of hydrogen-bond acceptors (Lipinski definition) is 3. The lowest BCUT2D eigenvalue weighted by Gasteiger charge is -2.01. The quantitative estimate of drug-likeness (QED) is 0.782. The van der Waals surface area contributed by atoms with Crippen molar-refractivity contribution in [1.29, 1.82) is 0 Å². The number of hydrogen-bond donors (Lipinski definition) is 1. The van der Waals surface area contributed by atoms with E-state index in [1.165, 1.54) is 11.3 Å². The summed E-state index contributed by atoms with van der Waals surface area (Å²) in [6.45, 7) is 5.72. The monoisotopic (exact) mass is 242 g/mol. The maximum Gasteiger partial charge on any atom is 0.259 e. The first-order chi connectivity index (χ1) is 7.00. The zero-order valence-corrected chi connectivity index (χ0v) is 10.3. The van der Waals surface area contributed by atoms with Gasteiger partial charge in [0.05, 0.1) is 10.8 Å². The van der Waals surface area contributed by atoms with Crippen molar-refractivity contribution in [2.45, 2.75) is 26.1 Å². The number of fused-ring (bicyclic) bond motifs is 1. The highest BCUT2D eigenvalue weighted by molar-refractivity contribution is 7.18. The van der Waals surface area contributed by atoms with E-state index in [0.717, 1.165) is 15.3 Å². The van der Waals surface area contributed by atoms with Gasteiger partial charge in [-0.15, -0.1) is 22.9 Å². The summed E-state index contributed by atoms with van der Waals surface area (Å²) < 4.78 is 0. The van der Waals surface area contributed by atoms with E-state index < -0.39 is 0 Å². The summed E-state index contributed by atoms with van der Waals surface area (Å²) >= 11 is 7.43. The minimum Gasteiger partial charge on any atom is -0.309 e. The summed E-state index contributed by atoms with van der Waals surface area (Å²) in [6, 6.07) is 0. The molecule has 0 spiro atoms. The molecular weight excluding hydrogens is 232 g/mol. The molecule has 0 aliphatic rings. The van der Waals surface area contributed by atoms with Crippen LogP contribution in [0.25, 0.3) is 10.2 Å². The second-order valence-corrected chi connectivity index (χ2v) is 5.39. The Morgan fingerprint density at radius 3 is 2.73 bits per heavy atom. The fourth-order valence-corrected chi connectivity index (χ4v) is 2.60. The van der Waals surface area contributed by atoms with Crippen molar-refractivity contribution in [3.8, 4) is 0 Å². The Morgan fingerprint density at radius 2 is 2.13 bits per heavy atom. The molecule has 0 bridgehead atoms. The van der Waals surface area contributed by atoms with E-state index in [2.05, 4.69) is 9.97 Å². The Kier molecular flexibility index (Phi) is 2.56. The van der Waals surface area contributed by atoms with Crippen molar-refractivity contribution < 1.29 is 0 Å². The van der Waals surface area contributed by atoms with Crippen molar-refractivity contribution in [2.24, 2.45) is 0 Å². The van der Waals surface area contributed by atoms with Gasteiger partial charge < -0.3 is 4.98 Å². The van der Waals surface area contributed by atoms with Crippen molar-refractivity contribution >= 4 is 33.2 Å². The van der Waals surface area contributed by atoms with Gasteiger partial charge in [0.25, 0.3) is 5.56 Å². The number of halogens is 1. The van der Waals surface area contributed by atoms with Gasteiger partial charge in [-0.25, -0.2) is 4.98 Å². The van der Waals surface area contributed by atoms with Gasteiger partial charge in [-0.3, -0.25) is 4.79 Å². The number of nitrogens with one attached hydrogen (secondary N) is 1. The summed E-state index contributed by atoms with van der Waals surface area (Å²) in [5, 5.41) is 0.420. The lowest BCUT2D eigenvalue weighted by molar-refractivity contribution is 0.916. The van der Waals surface area contributed by atoms with Gasteiger partial charge in [-0.2, -0.15) is 0 Å². The molecule has 80 valence electrons. The molecule has 15 heavy (non-hydrogen) atoms. The van der Waals surface area contributed by atoms with Crippen molar-refractivity contribution in [1.82, 2.24) is 9.97 Å². The van der Waals surface area contributed by atoms with Gasteiger partial charge in [0.2, 0.25) is 0 Å². The number of H-pyrrole nitrogens is 1. The number of alkyl halides is 1. The Balaban J connectivity index is 2.85. The maximum atomic E-state index is 11.8. The van der Waals surface area contributed by atoms with Crippen LogP contribution in [-0.4, -0.2) is 9.97 Å². The second-order valence-electron chi connectivity index (χ2n) is 3.53. The molecule has 0 saturated carbocycles. The van der Waals surface area contributed by atoms with Gasteiger partial charge in [-0.05, 0) is 26.3 Å². The molecule has 2 aromatic heterocycles. The third-order valence-corrected chi connectivity index (χ3v) is 3.74. The van der Waals surface area contributed by atoms with Crippen molar-refractivity contribution in [3.05, 3.63) is 26.6 Å². The van der Waals surface area contributed by atoms with Crippen LogP contribution < -0.4 is 5.56 Å². The standard InChI is InChI=1S/C10H11ClN2OS/c1-4-6(3)15-10-7(4)9(14)12-8(13-10)5(2)11/h5H,1-3H3,(H,12,13,14)/t5-/m1/s1. The molecular formula is C10H11ClN2OS. The number of aromatic nitrogens is 2. The molecule has 0 radical (unpaired) electrons. The predicted octanol–water partition coefficient (Wildman–Crippen LogP) is 2.90. The van der Waals surface area contributed by atoms with Crippen LogP contribution in [-0.2, 0) is 0 Å². The predicted molar refractivity (Wildman–Crippen MR) is 64.0 cm³/mol. The summed E-state index contributed by atoms with van der Waals surface area (Å²) in [5.74, 6) is 0.537. The Labute approximate surface area is 96.1 Å². The first-order valence-corrected chi connectivity index (χ1v) is 5.90. The average Bonchev–Trinajstić information content (AvgIpc) is 2.42. The average molecular weight is 243 g/mol. The normalized spacial score (nSPS) is 13.3. The Hall–Kier alpha value is -0.870. The van der Waals surface area contributed by atoms with Crippen LogP contribution in [0, 0.1) is 13.8 Å². The van der Waals surface area contributed by atoms with Gasteiger partial charge in [-0.1, -0.05) is 0 Å². The van der Waals surface area contributed by atoms with Gasteiger partial charge in [0.1, 0.15) is 10.7 Å². The van der Waals surface area contributed by atoms with Crippen molar-refractivity contribution in [3.63, 3.8) is 0 Å². The SMILES string of the molecule is Cc1sc2nc([C@@H](C)Cl)[nH]c(=O)c2c1C. The number of rotatable bonds is 1. The lowest BCUT2D eigenvalue weighted by atomic mass is 10.2. The van der Waals surface area contributed by atoms with Crippen LogP contribution in [0.4, 0.5) is 0 Å². The molecule has 0 amide bonds. The van der Waals surface area contributed by atoms with Gasteiger partial charge in [0.15, 0.2) is 0 Å². The van der Waals surface area contributed by atoms with Crippen LogP contribution in [0.1, 0.15) is 28.6 Å². The molecule has 2 aromatic rings. The van der Waals surface area contributed by atoms with Crippen LogP contribution in [0.15, 0.2) is 4.79 Å². The molecule has 5 heteroatoms. The van der Waals surface area contributed by atoms with E-state index >= 15 is 0 Å². The van der Waals surface area contributed by atoms with E-state index in [1.807, 2.05) is 13.8 Å². The molecule has 1 atom stereocenters. The van der Waals surface area contributed by atoms with E-state index in [4.69, 9.17) is 11.6 Å². The topological polar surface area (TPSA) is 45.8 Å². The Bertz CT molecular complexity index is 571. The zero-order valence-electron chi connectivity index (χ0n) is 8.72. The summed E-state index contributed by atoms with van der Waals surface area (Å²) in [4.78, 5) is 20.8. The molecule has 0 unspecified atom stereocenters. The molecule has 0 saturated heterocycles. The van der Waals surface area contributed by atoms with Crippen LogP contribution >= 0.6 is 22.9 Å². The maximum absolute atomic E-state index is 11.8. The fraction of sp³-hybridized carbons (Fsp3) is 0.400. The number of aryl methyl sites for hydroxylation is 2. The molecule has 1 N–H and O–H groups in total. The first kappa shape index (κ1) is 10.6. The summed E-state index contributed by atoms with van der Waals surface area (Å²) in [6.07, 6.45) is 0. The van der Waals surface area contributed by atoms with E-state index in [-0.39, 0.29) is 10.9 Å². The highest BCUT2D eigenvalue weighted by Crippen LogP contribution is 2.27. The van der Waals surface area contributed by atoms with Gasteiger partial charge >= 0.3 is 0 Å². The zero-order chi connectivity index (χ0) is 11.2. The minimum absolute atomic E-state index is 0.0932. The van der Waals surface area contributed by atoms with Crippen LogP contribution in [0.2, 0.25) is 0 Å². The smallest absolute Gasteiger partial charge is 0.259 e. The lowest BCUT2D eigenvalue weighted by Crippen LogP contribution is -2.11. The molecule has 0 aromatic carbocycles. The van der Waals surface area contributed by atoms with Gasteiger partial charge in [0, 0.05) is 4.88 Å². The molecule has 3 nitrogen and oxygen atoms in total. The molecule has 2 heterocycles. The highest BCUT2D eigenvalue weighted by Gasteiger charge is 2.13. The molecule has 0 fully saturated rings. The third-order valence-electron chi connectivity index (χ3n) is 2.43. The first-order valence-electron chi connectivity index (χ1n) is 4.64. The van der Waals surface area contributed by atoms with E-state index in [9.17, 15) is 4.79 Å². The van der Waals surface area contributed by atoms with Crippen LogP contribution in [0.3, 0.4) is 0 Å². The fourth-order valence-electron chi connectivity index (χ4n) is 1.46. The summed E-state index contributed by atoms with van der Waals surface area (Å²) in [5.41, 5.74) is 0.918. The Morgan fingerprint density at radius 1 is 1.47 bits per heavy atom. The number of nitrogens with zero attached hydrogens (tertiary/aromatic N) is 1. The third kappa shape index (κ3) is 1.68. The van der Waals surface area contributed by atoms with Crippen LogP contribution in [0.5, 0.6) is 0 Å². The van der Waals surface area contributed by atoms with E-state index in [1.54, 1.807) is 6.92 Å². The van der Waals surface area contributed by atoms with E-state index in [0.29, 0.717) is 11.2 Å².